The zero-order chi connectivity index (χ0) is 16.9. The third-order valence-electron chi connectivity index (χ3n) is 5.28. The van der Waals surface area contributed by atoms with E-state index in [-0.39, 0.29) is 17.6 Å². The number of piperidine rings is 1. The Morgan fingerprint density at radius 3 is 2.71 bits per heavy atom. The molecule has 0 amide bonds. The molecule has 24 heavy (non-hydrogen) atoms. The molecule has 0 radical (unpaired) electrons. The first-order chi connectivity index (χ1) is 11.7. The summed E-state index contributed by atoms with van der Waals surface area (Å²) in [6.45, 7) is 7.36. The summed E-state index contributed by atoms with van der Waals surface area (Å²) in [6, 6.07) is 8.58. The predicted molar refractivity (Wildman–Crippen MR) is 93.8 cm³/mol. The van der Waals surface area contributed by atoms with Crippen LogP contribution in [0.2, 0.25) is 0 Å². The first-order valence-corrected chi connectivity index (χ1v) is 8.89. The van der Waals surface area contributed by atoms with Crippen LogP contribution in [0.1, 0.15) is 48.0 Å². The SMILES string of the molecule is CCC(C(=O)c1ncco1)C1CCN(Cc2ccccc2C)CC1. The van der Waals surface area contributed by atoms with Crippen LogP contribution in [0.3, 0.4) is 0 Å². The molecule has 4 nitrogen and oxygen atoms in total. The van der Waals surface area contributed by atoms with Crippen LogP contribution >= 0.6 is 0 Å². The van der Waals surface area contributed by atoms with Gasteiger partial charge in [-0.25, -0.2) is 4.98 Å². The fraction of sp³-hybridized carbons (Fsp3) is 0.500. The fourth-order valence-electron chi connectivity index (χ4n) is 3.78. The lowest BCUT2D eigenvalue weighted by atomic mass is 9.80. The van der Waals surface area contributed by atoms with Crippen LogP contribution < -0.4 is 0 Å². The van der Waals surface area contributed by atoms with Gasteiger partial charge in [-0.2, -0.15) is 0 Å². The minimum Gasteiger partial charge on any atom is -0.442 e. The number of rotatable bonds is 6. The minimum atomic E-state index is 0.0317. The smallest absolute Gasteiger partial charge is 0.263 e. The maximum atomic E-state index is 12.6. The molecule has 0 aliphatic carbocycles. The summed E-state index contributed by atoms with van der Waals surface area (Å²) in [5.41, 5.74) is 2.75. The van der Waals surface area contributed by atoms with Gasteiger partial charge in [-0.05, 0) is 56.3 Å². The molecule has 0 saturated carbocycles. The second kappa shape index (κ2) is 7.75. The monoisotopic (exact) mass is 326 g/mol. The van der Waals surface area contributed by atoms with Gasteiger partial charge in [0, 0.05) is 12.5 Å². The molecule has 1 aliphatic rings. The average Bonchev–Trinajstić information content (AvgIpc) is 3.13. The lowest BCUT2D eigenvalue weighted by molar-refractivity contribution is 0.0750. The first-order valence-electron chi connectivity index (χ1n) is 8.89. The number of carbonyl (C=O) groups excluding carboxylic acids is 1. The Labute approximate surface area is 143 Å². The molecular formula is C20H26N2O2. The molecule has 0 spiro atoms. The summed E-state index contributed by atoms with van der Waals surface area (Å²) in [6.07, 6.45) is 6.01. The minimum absolute atomic E-state index is 0.0317. The normalized spacial score (nSPS) is 17.8. The number of carbonyl (C=O) groups is 1. The van der Waals surface area contributed by atoms with Crippen molar-refractivity contribution in [1.82, 2.24) is 9.88 Å². The average molecular weight is 326 g/mol. The van der Waals surface area contributed by atoms with E-state index in [9.17, 15) is 4.79 Å². The molecule has 1 fully saturated rings. The van der Waals surface area contributed by atoms with E-state index in [1.165, 1.54) is 17.4 Å². The van der Waals surface area contributed by atoms with Crippen molar-refractivity contribution in [3.63, 3.8) is 0 Å². The fourth-order valence-corrected chi connectivity index (χ4v) is 3.78. The van der Waals surface area contributed by atoms with Gasteiger partial charge in [0.15, 0.2) is 0 Å². The van der Waals surface area contributed by atoms with E-state index >= 15 is 0 Å². The van der Waals surface area contributed by atoms with Gasteiger partial charge in [0.25, 0.3) is 5.89 Å². The van der Waals surface area contributed by atoms with Crippen molar-refractivity contribution < 1.29 is 9.21 Å². The molecule has 1 saturated heterocycles. The number of likely N-dealkylation sites (tertiary alicyclic amines) is 1. The van der Waals surface area contributed by atoms with Gasteiger partial charge in [-0.15, -0.1) is 0 Å². The van der Waals surface area contributed by atoms with Gasteiger partial charge in [-0.1, -0.05) is 31.2 Å². The number of nitrogens with zero attached hydrogens (tertiary/aromatic N) is 2. The third kappa shape index (κ3) is 3.75. The van der Waals surface area contributed by atoms with Crippen LogP contribution in [-0.2, 0) is 6.54 Å². The standard InChI is InChI=1S/C20H26N2O2/c1-3-18(19(23)20-21-10-13-24-20)16-8-11-22(12-9-16)14-17-7-5-4-6-15(17)2/h4-7,10,13,16,18H,3,8-9,11-12,14H2,1-2H3. The molecule has 1 unspecified atom stereocenters. The van der Waals surface area contributed by atoms with E-state index in [0.717, 1.165) is 38.9 Å². The van der Waals surface area contributed by atoms with Crippen molar-refractivity contribution in [2.24, 2.45) is 11.8 Å². The van der Waals surface area contributed by atoms with E-state index in [1.807, 2.05) is 0 Å². The number of aryl methyl sites for hydroxylation is 1. The molecule has 128 valence electrons. The Hall–Kier alpha value is -1.94. The van der Waals surface area contributed by atoms with Gasteiger partial charge in [-0.3, -0.25) is 9.69 Å². The summed E-state index contributed by atoms with van der Waals surface area (Å²) in [4.78, 5) is 19.1. The Bertz CT molecular complexity index is 658. The third-order valence-corrected chi connectivity index (χ3v) is 5.28. The topological polar surface area (TPSA) is 46.3 Å². The quantitative estimate of drug-likeness (QED) is 0.750. The maximum absolute atomic E-state index is 12.6. The molecule has 3 rings (SSSR count). The van der Waals surface area contributed by atoms with Crippen LogP contribution in [-0.4, -0.2) is 28.8 Å². The predicted octanol–water partition coefficient (Wildman–Crippen LogP) is 4.10. The van der Waals surface area contributed by atoms with Crippen molar-refractivity contribution in [3.8, 4) is 0 Å². The zero-order valence-corrected chi connectivity index (χ0v) is 14.6. The van der Waals surface area contributed by atoms with Gasteiger partial charge >= 0.3 is 0 Å². The number of oxazole rings is 1. The number of Topliss-reactive ketones (excluding diaryl/α,β-unsaturated/α-hetero) is 1. The second-order valence-electron chi connectivity index (χ2n) is 6.76. The van der Waals surface area contributed by atoms with Crippen molar-refractivity contribution in [2.75, 3.05) is 13.1 Å². The molecule has 1 atom stereocenters. The molecule has 2 heterocycles. The van der Waals surface area contributed by atoms with E-state index in [4.69, 9.17) is 4.42 Å². The van der Waals surface area contributed by atoms with Crippen LogP contribution in [0.25, 0.3) is 0 Å². The summed E-state index contributed by atoms with van der Waals surface area (Å²) >= 11 is 0. The summed E-state index contributed by atoms with van der Waals surface area (Å²) in [7, 11) is 0. The van der Waals surface area contributed by atoms with Gasteiger partial charge < -0.3 is 4.42 Å². The highest BCUT2D eigenvalue weighted by molar-refractivity contribution is 5.93. The van der Waals surface area contributed by atoms with Crippen LogP contribution in [0.5, 0.6) is 0 Å². The highest BCUT2D eigenvalue weighted by Gasteiger charge is 2.32. The highest BCUT2D eigenvalue weighted by Crippen LogP contribution is 2.30. The first kappa shape index (κ1) is 16.9. The number of ketones is 1. The maximum Gasteiger partial charge on any atom is 0.263 e. The van der Waals surface area contributed by atoms with Crippen LogP contribution in [0.15, 0.2) is 41.1 Å². The number of hydrogen-bond acceptors (Lipinski definition) is 4. The largest absolute Gasteiger partial charge is 0.442 e. The molecule has 4 heteroatoms. The van der Waals surface area contributed by atoms with E-state index in [2.05, 4.69) is 48.0 Å². The van der Waals surface area contributed by atoms with Crippen molar-refractivity contribution >= 4 is 5.78 Å². The molecule has 1 aromatic carbocycles. The van der Waals surface area contributed by atoms with E-state index in [0.29, 0.717) is 5.92 Å². The van der Waals surface area contributed by atoms with Crippen LogP contribution in [0, 0.1) is 18.8 Å². The molecule has 1 aromatic heterocycles. The van der Waals surface area contributed by atoms with Crippen LogP contribution in [0.4, 0.5) is 0 Å². The van der Waals surface area contributed by atoms with E-state index < -0.39 is 0 Å². The second-order valence-corrected chi connectivity index (χ2v) is 6.76. The Kier molecular flexibility index (Phi) is 5.46. The molecule has 2 aromatic rings. The summed E-state index contributed by atoms with van der Waals surface area (Å²) < 4.78 is 5.21. The lowest BCUT2D eigenvalue weighted by Crippen LogP contribution is -2.37. The Morgan fingerprint density at radius 1 is 1.33 bits per heavy atom. The summed E-state index contributed by atoms with van der Waals surface area (Å²) in [5.74, 6) is 0.802. The van der Waals surface area contributed by atoms with Gasteiger partial charge in [0.05, 0.1) is 6.20 Å². The molecular weight excluding hydrogens is 300 g/mol. The zero-order valence-electron chi connectivity index (χ0n) is 14.6. The van der Waals surface area contributed by atoms with Crippen molar-refractivity contribution in [2.45, 2.75) is 39.7 Å². The van der Waals surface area contributed by atoms with Gasteiger partial charge in [0.2, 0.25) is 5.78 Å². The Balaban J connectivity index is 1.58. The molecule has 1 aliphatic heterocycles. The number of hydrogen-bond donors (Lipinski definition) is 0. The summed E-state index contributed by atoms with van der Waals surface area (Å²) in [5, 5.41) is 0. The van der Waals surface area contributed by atoms with Gasteiger partial charge in [0.1, 0.15) is 6.26 Å². The highest BCUT2D eigenvalue weighted by atomic mass is 16.3. The number of benzene rings is 1. The van der Waals surface area contributed by atoms with Crippen molar-refractivity contribution in [1.29, 1.82) is 0 Å². The lowest BCUT2D eigenvalue weighted by Gasteiger charge is -2.35. The molecule has 0 N–H and O–H groups in total. The van der Waals surface area contributed by atoms with Crippen molar-refractivity contribution in [3.05, 3.63) is 53.7 Å². The number of aromatic nitrogens is 1. The molecule has 0 bridgehead atoms. The Morgan fingerprint density at radius 2 is 2.08 bits per heavy atom. The van der Waals surface area contributed by atoms with E-state index in [1.54, 1.807) is 6.20 Å².